The molecule has 0 aliphatic rings. The van der Waals surface area contributed by atoms with Crippen molar-refractivity contribution >= 4 is 34.5 Å². The number of benzene rings is 2. The Morgan fingerprint density at radius 2 is 1.65 bits per heavy atom. The lowest BCUT2D eigenvalue weighted by atomic mass is 10.2. The summed E-state index contributed by atoms with van der Waals surface area (Å²) in [6.07, 6.45) is 1.82. The molecule has 0 saturated carbocycles. The fraction of sp³-hybridized carbons (Fsp3) is 0.0714. The maximum absolute atomic E-state index is 4.19. The molecule has 2 rings (SSSR count). The summed E-state index contributed by atoms with van der Waals surface area (Å²) < 4.78 is 1.22. The van der Waals surface area contributed by atoms with E-state index in [0.29, 0.717) is 0 Å². The van der Waals surface area contributed by atoms with Crippen LogP contribution in [0.4, 0.5) is 5.69 Å². The third kappa shape index (κ3) is 3.85. The van der Waals surface area contributed by atoms with Gasteiger partial charge < -0.3 is 0 Å². The Hall–Kier alpha value is -1.36. The second kappa shape index (κ2) is 5.82. The lowest BCUT2D eigenvalue weighted by Gasteiger charge is -1.99. The Bertz CT molecular complexity index is 501. The van der Waals surface area contributed by atoms with Crippen molar-refractivity contribution in [1.82, 2.24) is 0 Å². The van der Waals surface area contributed by atoms with Crippen LogP contribution >= 0.6 is 22.6 Å². The minimum atomic E-state index is 0.994. The predicted octanol–water partition coefficient (Wildman–Crippen LogP) is 4.05. The first-order chi connectivity index (χ1) is 8.24. The molecule has 0 unspecified atom stereocenters. The molecule has 0 amide bonds. The van der Waals surface area contributed by atoms with Crippen LogP contribution in [0.5, 0.6) is 0 Å². The van der Waals surface area contributed by atoms with Gasteiger partial charge in [-0.05, 0) is 59.3 Å². The van der Waals surface area contributed by atoms with Gasteiger partial charge in [0, 0.05) is 3.57 Å². The van der Waals surface area contributed by atoms with E-state index in [9.17, 15) is 0 Å². The van der Waals surface area contributed by atoms with Gasteiger partial charge in [-0.15, -0.1) is 0 Å². The number of hydrazone groups is 1. The third-order valence-corrected chi connectivity index (χ3v) is 3.05. The summed E-state index contributed by atoms with van der Waals surface area (Å²) in [5.74, 6) is 0. The van der Waals surface area contributed by atoms with Gasteiger partial charge in [0.05, 0.1) is 11.9 Å². The zero-order valence-corrected chi connectivity index (χ0v) is 11.7. The highest BCUT2D eigenvalue weighted by molar-refractivity contribution is 14.1. The normalized spacial score (nSPS) is 10.7. The Kier molecular flexibility index (Phi) is 4.14. The molecular weight excluding hydrogens is 323 g/mol. The highest BCUT2D eigenvalue weighted by atomic mass is 127. The van der Waals surface area contributed by atoms with Crippen molar-refractivity contribution in [3.05, 3.63) is 63.2 Å². The second-order valence-electron chi connectivity index (χ2n) is 3.79. The maximum Gasteiger partial charge on any atom is 0.0562 e. The first-order valence-corrected chi connectivity index (χ1v) is 6.43. The molecule has 86 valence electrons. The number of nitrogens with one attached hydrogen (secondary N) is 1. The Labute approximate surface area is 115 Å². The van der Waals surface area contributed by atoms with E-state index >= 15 is 0 Å². The van der Waals surface area contributed by atoms with Crippen LogP contribution < -0.4 is 5.43 Å². The first-order valence-electron chi connectivity index (χ1n) is 5.35. The highest BCUT2D eigenvalue weighted by Crippen LogP contribution is 2.10. The SMILES string of the molecule is Cc1ccc(C=NNc2ccc(I)cc2)cc1. The van der Waals surface area contributed by atoms with E-state index in [1.165, 1.54) is 9.13 Å². The summed E-state index contributed by atoms with van der Waals surface area (Å²) >= 11 is 2.28. The molecule has 0 aromatic heterocycles. The highest BCUT2D eigenvalue weighted by Gasteiger charge is 1.90. The van der Waals surface area contributed by atoms with Crippen LogP contribution in [0.1, 0.15) is 11.1 Å². The molecule has 0 saturated heterocycles. The van der Waals surface area contributed by atoms with Crippen LogP contribution in [0.2, 0.25) is 0 Å². The number of nitrogens with zero attached hydrogens (tertiary/aromatic N) is 1. The van der Waals surface area contributed by atoms with Crippen LogP contribution in [0.3, 0.4) is 0 Å². The molecule has 0 atom stereocenters. The smallest absolute Gasteiger partial charge is 0.0562 e. The van der Waals surface area contributed by atoms with Crippen molar-refractivity contribution in [1.29, 1.82) is 0 Å². The molecule has 0 aliphatic carbocycles. The molecule has 0 bridgehead atoms. The molecule has 0 fully saturated rings. The van der Waals surface area contributed by atoms with E-state index < -0.39 is 0 Å². The third-order valence-electron chi connectivity index (χ3n) is 2.33. The van der Waals surface area contributed by atoms with Crippen molar-refractivity contribution < 1.29 is 0 Å². The number of halogens is 1. The predicted molar refractivity (Wildman–Crippen MR) is 81.6 cm³/mol. The average molecular weight is 336 g/mol. The molecule has 0 radical (unpaired) electrons. The molecule has 2 aromatic rings. The molecule has 2 aromatic carbocycles. The summed E-state index contributed by atoms with van der Waals surface area (Å²) in [7, 11) is 0. The fourth-order valence-corrected chi connectivity index (χ4v) is 1.72. The molecule has 17 heavy (non-hydrogen) atoms. The van der Waals surface area contributed by atoms with E-state index in [0.717, 1.165) is 11.3 Å². The van der Waals surface area contributed by atoms with Crippen LogP contribution in [-0.2, 0) is 0 Å². The number of rotatable bonds is 3. The molecular formula is C14H13IN2. The number of anilines is 1. The molecule has 0 aliphatic heterocycles. The van der Waals surface area contributed by atoms with Crippen LogP contribution in [-0.4, -0.2) is 6.21 Å². The van der Waals surface area contributed by atoms with Gasteiger partial charge in [0.25, 0.3) is 0 Å². The molecule has 1 N–H and O–H groups in total. The van der Waals surface area contributed by atoms with Gasteiger partial charge in [0.15, 0.2) is 0 Å². The minimum absolute atomic E-state index is 0.994. The summed E-state index contributed by atoms with van der Waals surface area (Å²) in [6.45, 7) is 2.07. The fourth-order valence-electron chi connectivity index (χ4n) is 1.36. The largest absolute Gasteiger partial charge is 0.279 e. The number of aryl methyl sites for hydroxylation is 1. The first kappa shape index (κ1) is 12.1. The molecule has 2 nitrogen and oxygen atoms in total. The van der Waals surface area contributed by atoms with Crippen molar-refractivity contribution in [2.45, 2.75) is 6.92 Å². The summed E-state index contributed by atoms with van der Waals surface area (Å²) in [6, 6.07) is 16.4. The summed E-state index contributed by atoms with van der Waals surface area (Å²) in [5.41, 5.74) is 6.34. The van der Waals surface area contributed by atoms with E-state index in [1.807, 2.05) is 30.5 Å². The maximum atomic E-state index is 4.19. The van der Waals surface area contributed by atoms with Gasteiger partial charge in [-0.3, -0.25) is 5.43 Å². The monoisotopic (exact) mass is 336 g/mol. The summed E-state index contributed by atoms with van der Waals surface area (Å²) in [5, 5.41) is 4.19. The molecule has 3 heteroatoms. The van der Waals surface area contributed by atoms with Crippen molar-refractivity contribution in [3.8, 4) is 0 Å². The van der Waals surface area contributed by atoms with Gasteiger partial charge >= 0.3 is 0 Å². The van der Waals surface area contributed by atoms with Gasteiger partial charge in [-0.25, -0.2) is 0 Å². The van der Waals surface area contributed by atoms with Gasteiger partial charge in [0.1, 0.15) is 0 Å². The van der Waals surface area contributed by atoms with Crippen molar-refractivity contribution in [2.75, 3.05) is 5.43 Å². The van der Waals surface area contributed by atoms with Crippen LogP contribution in [0, 0.1) is 10.5 Å². The van der Waals surface area contributed by atoms with Gasteiger partial charge in [-0.2, -0.15) is 5.10 Å². The van der Waals surface area contributed by atoms with E-state index in [4.69, 9.17) is 0 Å². The standard InChI is InChI=1S/C14H13IN2/c1-11-2-4-12(5-3-11)10-16-17-14-8-6-13(15)7-9-14/h2-10,17H,1H3. The Morgan fingerprint density at radius 1 is 1.00 bits per heavy atom. The molecule has 0 heterocycles. The van der Waals surface area contributed by atoms with Gasteiger partial charge in [-0.1, -0.05) is 29.8 Å². The topological polar surface area (TPSA) is 24.4 Å². The zero-order valence-electron chi connectivity index (χ0n) is 9.52. The lowest BCUT2D eigenvalue weighted by molar-refractivity contribution is 1.34. The average Bonchev–Trinajstić information content (AvgIpc) is 2.34. The number of hydrogen-bond acceptors (Lipinski definition) is 2. The van der Waals surface area contributed by atoms with Crippen LogP contribution in [0.15, 0.2) is 53.6 Å². The van der Waals surface area contributed by atoms with Crippen molar-refractivity contribution in [3.63, 3.8) is 0 Å². The van der Waals surface area contributed by atoms with E-state index in [2.05, 4.69) is 64.3 Å². The summed E-state index contributed by atoms with van der Waals surface area (Å²) in [4.78, 5) is 0. The van der Waals surface area contributed by atoms with Gasteiger partial charge in [0.2, 0.25) is 0 Å². The Morgan fingerprint density at radius 3 is 2.29 bits per heavy atom. The van der Waals surface area contributed by atoms with Crippen LogP contribution in [0.25, 0.3) is 0 Å². The van der Waals surface area contributed by atoms with E-state index in [1.54, 1.807) is 0 Å². The van der Waals surface area contributed by atoms with Crippen molar-refractivity contribution in [2.24, 2.45) is 5.10 Å². The zero-order chi connectivity index (χ0) is 12.1. The second-order valence-corrected chi connectivity index (χ2v) is 5.03. The lowest BCUT2D eigenvalue weighted by Crippen LogP contribution is -1.90. The van der Waals surface area contributed by atoms with E-state index in [-0.39, 0.29) is 0 Å². The molecule has 0 spiro atoms. The quantitative estimate of drug-likeness (QED) is 0.511. The minimum Gasteiger partial charge on any atom is -0.279 e. The Balaban J connectivity index is 1.97. The number of hydrogen-bond donors (Lipinski definition) is 1.